The van der Waals surface area contributed by atoms with Crippen molar-refractivity contribution in [3.8, 4) is 0 Å². The van der Waals surface area contributed by atoms with E-state index in [-0.39, 0.29) is 12.5 Å². The zero-order chi connectivity index (χ0) is 14.3. The van der Waals surface area contributed by atoms with Gasteiger partial charge in [-0.15, -0.1) is 0 Å². The summed E-state index contributed by atoms with van der Waals surface area (Å²) in [6.45, 7) is 4.46. The Morgan fingerprint density at radius 3 is 2.79 bits per heavy atom. The zero-order valence-electron chi connectivity index (χ0n) is 11.3. The number of methoxy groups -OCH3 is 1. The van der Waals surface area contributed by atoms with Crippen LogP contribution in [-0.2, 0) is 16.0 Å². The first-order chi connectivity index (χ1) is 9.02. The Bertz CT molecular complexity index is 446. The van der Waals surface area contributed by atoms with Crippen LogP contribution in [0.3, 0.4) is 0 Å². The van der Waals surface area contributed by atoms with Gasteiger partial charge < -0.3 is 14.8 Å². The third-order valence-electron chi connectivity index (χ3n) is 2.20. The molecule has 0 unspecified atom stereocenters. The molecule has 1 rings (SSSR count). The lowest BCUT2D eigenvalue weighted by Gasteiger charge is -2.08. The van der Waals surface area contributed by atoms with Crippen LogP contribution in [0.4, 0.5) is 4.79 Å². The maximum atomic E-state index is 11.3. The molecule has 0 aromatic carbocycles. The van der Waals surface area contributed by atoms with Crippen molar-refractivity contribution >= 4 is 12.1 Å². The molecule has 0 radical (unpaired) electrons. The summed E-state index contributed by atoms with van der Waals surface area (Å²) in [6.07, 6.45) is 0.988. The molecule has 19 heavy (non-hydrogen) atoms. The van der Waals surface area contributed by atoms with E-state index in [0.717, 1.165) is 0 Å². The summed E-state index contributed by atoms with van der Waals surface area (Å²) in [4.78, 5) is 26.7. The van der Waals surface area contributed by atoms with Crippen LogP contribution in [0, 0.1) is 5.92 Å². The summed E-state index contributed by atoms with van der Waals surface area (Å²) in [5.74, 6) is -0.155. The van der Waals surface area contributed by atoms with Gasteiger partial charge in [0.1, 0.15) is 0 Å². The number of pyridine rings is 1. The van der Waals surface area contributed by atoms with Gasteiger partial charge in [-0.3, -0.25) is 4.98 Å². The number of carbonyl (C=O) groups excluding carboxylic acids is 2. The highest BCUT2D eigenvalue weighted by atomic mass is 16.5. The Hall–Kier alpha value is -2.11. The fourth-order valence-corrected chi connectivity index (χ4v) is 1.28. The van der Waals surface area contributed by atoms with Crippen molar-refractivity contribution in [3.63, 3.8) is 0 Å². The van der Waals surface area contributed by atoms with E-state index >= 15 is 0 Å². The Balaban J connectivity index is 2.49. The minimum atomic E-state index is -0.501. The first-order valence-corrected chi connectivity index (χ1v) is 5.96. The first-order valence-electron chi connectivity index (χ1n) is 5.96. The smallest absolute Gasteiger partial charge is 0.407 e. The highest BCUT2D eigenvalue weighted by Gasteiger charge is 2.08. The number of nitrogens with one attached hydrogen (secondary N) is 1. The van der Waals surface area contributed by atoms with Crippen molar-refractivity contribution in [1.82, 2.24) is 10.3 Å². The molecule has 0 aliphatic rings. The third-order valence-corrected chi connectivity index (χ3v) is 2.20. The normalized spacial score (nSPS) is 10.1. The van der Waals surface area contributed by atoms with Gasteiger partial charge in [0.25, 0.3) is 0 Å². The van der Waals surface area contributed by atoms with Crippen LogP contribution in [-0.4, -0.2) is 30.8 Å². The maximum Gasteiger partial charge on any atom is 0.407 e. The van der Waals surface area contributed by atoms with E-state index in [9.17, 15) is 9.59 Å². The minimum Gasteiger partial charge on any atom is -0.465 e. The second-order valence-corrected chi connectivity index (χ2v) is 4.37. The molecular weight excluding hydrogens is 248 g/mol. The van der Waals surface area contributed by atoms with Gasteiger partial charge in [0, 0.05) is 6.20 Å². The van der Waals surface area contributed by atoms with E-state index in [1.807, 2.05) is 13.8 Å². The number of aromatic nitrogens is 1. The molecule has 6 heteroatoms. The number of nitrogens with zero attached hydrogens (tertiary/aromatic N) is 1. The lowest BCUT2D eigenvalue weighted by Crippen LogP contribution is -2.25. The van der Waals surface area contributed by atoms with Crippen LogP contribution in [0.15, 0.2) is 18.3 Å². The van der Waals surface area contributed by atoms with Crippen LogP contribution in [0.1, 0.15) is 29.9 Å². The summed E-state index contributed by atoms with van der Waals surface area (Å²) in [6, 6.07) is 3.11. The number of carbonyl (C=O) groups is 2. The molecule has 0 aliphatic carbocycles. The van der Waals surface area contributed by atoms with E-state index in [0.29, 0.717) is 17.9 Å². The standard InChI is InChI=1S/C13H18N2O4/c1-9(2)8-19-13(17)15-7-11-6-10(4-5-14-11)12(16)18-3/h4-6,9H,7-8H2,1-3H3,(H,15,17). The molecule has 0 aliphatic heterocycles. The maximum absolute atomic E-state index is 11.3. The van der Waals surface area contributed by atoms with E-state index in [2.05, 4.69) is 15.0 Å². The summed E-state index contributed by atoms with van der Waals surface area (Å²) >= 11 is 0. The van der Waals surface area contributed by atoms with Crippen molar-refractivity contribution in [2.24, 2.45) is 5.92 Å². The molecule has 1 N–H and O–H groups in total. The summed E-state index contributed by atoms with van der Waals surface area (Å²) < 4.78 is 9.56. The van der Waals surface area contributed by atoms with Gasteiger partial charge in [0.15, 0.2) is 0 Å². The SMILES string of the molecule is COC(=O)c1ccnc(CNC(=O)OCC(C)C)c1. The van der Waals surface area contributed by atoms with Crippen LogP contribution in [0.2, 0.25) is 0 Å². The van der Waals surface area contributed by atoms with E-state index in [1.165, 1.54) is 13.3 Å². The Kier molecular flexibility index (Phi) is 5.78. The second-order valence-electron chi connectivity index (χ2n) is 4.37. The fourth-order valence-electron chi connectivity index (χ4n) is 1.28. The van der Waals surface area contributed by atoms with Gasteiger partial charge >= 0.3 is 12.1 Å². The molecule has 0 spiro atoms. The van der Waals surface area contributed by atoms with E-state index < -0.39 is 12.1 Å². The largest absolute Gasteiger partial charge is 0.465 e. The van der Waals surface area contributed by atoms with Gasteiger partial charge in [0.05, 0.1) is 31.5 Å². The van der Waals surface area contributed by atoms with Crippen molar-refractivity contribution in [2.75, 3.05) is 13.7 Å². The molecule has 1 amide bonds. The highest BCUT2D eigenvalue weighted by molar-refractivity contribution is 5.89. The predicted molar refractivity (Wildman–Crippen MR) is 68.6 cm³/mol. The number of hydrogen-bond donors (Lipinski definition) is 1. The highest BCUT2D eigenvalue weighted by Crippen LogP contribution is 2.03. The Morgan fingerprint density at radius 1 is 1.42 bits per heavy atom. The van der Waals surface area contributed by atoms with Crippen LogP contribution in [0.5, 0.6) is 0 Å². The number of esters is 1. The Morgan fingerprint density at radius 2 is 2.16 bits per heavy atom. The molecule has 0 fully saturated rings. The molecule has 0 saturated carbocycles. The van der Waals surface area contributed by atoms with Crippen molar-refractivity contribution < 1.29 is 19.1 Å². The lowest BCUT2D eigenvalue weighted by atomic mass is 10.2. The fraction of sp³-hybridized carbons (Fsp3) is 0.462. The molecule has 0 saturated heterocycles. The molecule has 104 valence electrons. The van der Waals surface area contributed by atoms with Crippen LogP contribution >= 0.6 is 0 Å². The Labute approximate surface area is 112 Å². The average molecular weight is 266 g/mol. The number of hydrogen-bond acceptors (Lipinski definition) is 5. The number of alkyl carbamates (subject to hydrolysis) is 1. The minimum absolute atomic E-state index is 0.196. The predicted octanol–water partition coefficient (Wildman–Crippen LogP) is 1.75. The number of amides is 1. The van der Waals surface area contributed by atoms with E-state index in [1.54, 1.807) is 12.1 Å². The van der Waals surface area contributed by atoms with Crippen molar-refractivity contribution in [1.29, 1.82) is 0 Å². The van der Waals surface area contributed by atoms with Crippen LogP contribution in [0.25, 0.3) is 0 Å². The van der Waals surface area contributed by atoms with Gasteiger partial charge in [-0.25, -0.2) is 9.59 Å². The van der Waals surface area contributed by atoms with Crippen molar-refractivity contribution in [3.05, 3.63) is 29.6 Å². The van der Waals surface area contributed by atoms with Gasteiger partial charge in [-0.1, -0.05) is 13.8 Å². The number of rotatable bonds is 5. The lowest BCUT2D eigenvalue weighted by molar-refractivity contribution is 0.0600. The van der Waals surface area contributed by atoms with Gasteiger partial charge in [-0.05, 0) is 18.1 Å². The first kappa shape index (κ1) is 14.9. The quantitative estimate of drug-likeness (QED) is 0.821. The number of ether oxygens (including phenoxy) is 2. The molecular formula is C13H18N2O4. The summed E-state index contributed by atoms with van der Waals surface area (Å²) in [5.41, 5.74) is 0.953. The summed E-state index contributed by atoms with van der Waals surface area (Å²) in [7, 11) is 1.31. The molecule has 6 nitrogen and oxygen atoms in total. The zero-order valence-corrected chi connectivity index (χ0v) is 11.3. The molecule has 1 aromatic rings. The topological polar surface area (TPSA) is 77.5 Å². The summed E-state index contributed by atoms with van der Waals surface area (Å²) in [5, 5.41) is 2.56. The molecule has 0 atom stereocenters. The monoisotopic (exact) mass is 266 g/mol. The van der Waals surface area contributed by atoms with E-state index in [4.69, 9.17) is 4.74 Å². The van der Waals surface area contributed by atoms with Crippen LogP contribution < -0.4 is 5.32 Å². The van der Waals surface area contributed by atoms with Gasteiger partial charge in [0.2, 0.25) is 0 Å². The van der Waals surface area contributed by atoms with Gasteiger partial charge in [-0.2, -0.15) is 0 Å². The molecule has 0 bridgehead atoms. The average Bonchev–Trinajstić information content (AvgIpc) is 2.42. The second kappa shape index (κ2) is 7.35. The van der Waals surface area contributed by atoms with Crippen molar-refractivity contribution in [2.45, 2.75) is 20.4 Å². The molecule has 1 aromatic heterocycles. The molecule has 1 heterocycles. The third kappa shape index (κ3) is 5.37.